The molecule has 20 heavy (non-hydrogen) atoms. The van der Waals surface area contributed by atoms with Crippen molar-refractivity contribution in [2.75, 3.05) is 6.54 Å². The molecule has 1 heterocycles. The van der Waals surface area contributed by atoms with Crippen LogP contribution in [0, 0.1) is 6.92 Å². The summed E-state index contributed by atoms with van der Waals surface area (Å²) in [6, 6.07) is 0.0187. The Bertz CT molecular complexity index is 406. The molecule has 1 aromatic rings. The number of hydrogen-bond donors (Lipinski definition) is 2. The fraction of sp³-hybridized carbons (Fsp3) is 0.714. The minimum absolute atomic E-state index is 0. The van der Waals surface area contributed by atoms with E-state index in [0.717, 1.165) is 43.5 Å². The fourth-order valence-electron chi connectivity index (χ4n) is 2.22. The maximum Gasteiger partial charge on any atom is 0.220 e. The van der Waals surface area contributed by atoms with E-state index < -0.39 is 0 Å². The van der Waals surface area contributed by atoms with Crippen LogP contribution in [-0.4, -0.2) is 22.2 Å². The first-order chi connectivity index (χ1) is 9.04. The van der Waals surface area contributed by atoms with E-state index in [2.05, 4.69) is 10.4 Å². The molecule has 0 aliphatic carbocycles. The van der Waals surface area contributed by atoms with E-state index in [-0.39, 0.29) is 24.4 Å². The average Bonchev–Trinajstić information content (AvgIpc) is 2.68. The Morgan fingerprint density at radius 3 is 2.60 bits per heavy atom. The normalized spacial score (nSPS) is 11.8. The summed E-state index contributed by atoms with van der Waals surface area (Å²) in [5.41, 5.74) is 7.48. The van der Waals surface area contributed by atoms with E-state index in [1.54, 1.807) is 4.68 Å². The number of unbranched alkanes of at least 4 members (excludes halogenated alkanes) is 3. The van der Waals surface area contributed by atoms with Gasteiger partial charge in [-0.2, -0.15) is 5.10 Å². The molecule has 0 spiro atoms. The molecule has 0 saturated heterocycles. The van der Waals surface area contributed by atoms with Crippen LogP contribution in [0.2, 0.25) is 0 Å². The first-order valence-electron chi connectivity index (χ1n) is 7.04. The summed E-state index contributed by atoms with van der Waals surface area (Å²) < 4.78 is 1.78. The van der Waals surface area contributed by atoms with Gasteiger partial charge >= 0.3 is 0 Å². The number of nitrogens with zero attached hydrogens (tertiary/aromatic N) is 2. The molecule has 1 unspecified atom stereocenters. The molecule has 3 N–H and O–H groups in total. The lowest BCUT2D eigenvalue weighted by Gasteiger charge is -2.13. The van der Waals surface area contributed by atoms with Crippen molar-refractivity contribution in [2.24, 2.45) is 12.8 Å². The van der Waals surface area contributed by atoms with Crippen LogP contribution >= 0.6 is 12.4 Å². The second-order valence-corrected chi connectivity index (χ2v) is 5.09. The van der Waals surface area contributed by atoms with Gasteiger partial charge in [0.05, 0.1) is 11.7 Å². The lowest BCUT2D eigenvalue weighted by atomic mass is 10.1. The molecule has 0 aromatic carbocycles. The first-order valence-corrected chi connectivity index (χ1v) is 7.04. The number of hydrogen-bond acceptors (Lipinski definition) is 3. The summed E-state index contributed by atoms with van der Waals surface area (Å²) in [6.07, 6.45) is 6.72. The van der Waals surface area contributed by atoms with Crippen molar-refractivity contribution < 1.29 is 4.79 Å². The highest BCUT2D eigenvalue weighted by atomic mass is 35.5. The van der Waals surface area contributed by atoms with Crippen molar-refractivity contribution in [3.63, 3.8) is 0 Å². The third-order valence-electron chi connectivity index (χ3n) is 3.25. The van der Waals surface area contributed by atoms with Crippen LogP contribution in [-0.2, 0) is 11.8 Å². The van der Waals surface area contributed by atoms with Gasteiger partial charge in [0.15, 0.2) is 0 Å². The van der Waals surface area contributed by atoms with Gasteiger partial charge in [-0.3, -0.25) is 9.48 Å². The molecule has 0 bridgehead atoms. The highest BCUT2D eigenvalue weighted by molar-refractivity contribution is 5.85. The number of rotatable bonds is 8. The quantitative estimate of drug-likeness (QED) is 0.723. The van der Waals surface area contributed by atoms with Crippen molar-refractivity contribution in [3.8, 4) is 0 Å². The Morgan fingerprint density at radius 1 is 1.40 bits per heavy atom. The summed E-state index contributed by atoms with van der Waals surface area (Å²) in [5.74, 6) is 0.114. The molecular weight excluding hydrogens is 276 g/mol. The van der Waals surface area contributed by atoms with Gasteiger partial charge in [-0.05, 0) is 33.2 Å². The monoisotopic (exact) mass is 302 g/mol. The Kier molecular flexibility index (Phi) is 9.25. The van der Waals surface area contributed by atoms with Crippen molar-refractivity contribution in [3.05, 3.63) is 17.5 Å². The number of nitrogens with one attached hydrogen (secondary N) is 1. The average molecular weight is 303 g/mol. The van der Waals surface area contributed by atoms with Gasteiger partial charge in [0.25, 0.3) is 0 Å². The van der Waals surface area contributed by atoms with Gasteiger partial charge in [-0.1, -0.05) is 12.8 Å². The van der Waals surface area contributed by atoms with Gasteiger partial charge in [-0.25, -0.2) is 0 Å². The molecule has 1 aromatic heterocycles. The number of aromatic nitrogens is 2. The molecule has 5 nitrogen and oxygen atoms in total. The Morgan fingerprint density at radius 2 is 2.05 bits per heavy atom. The molecule has 0 aliphatic rings. The number of aryl methyl sites for hydroxylation is 2. The van der Waals surface area contributed by atoms with Crippen molar-refractivity contribution in [1.29, 1.82) is 0 Å². The molecule has 116 valence electrons. The molecular formula is C14H27ClN4O. The maximum absolute atomic E-state index is 11.8. The zero-order valence-electron chi connectivity index (χ0n) is 12.7. The highest BCUT2D eigenvalue weighted by Crippen LogP contribution is 2.15. The predicted molar refractivity (Wildman–Crippen MR) is 83.9 cm³/mol. The van der Waals surface area contributed by atoms with Crippen molar-refractivity contribution in [1.82, 2.24) is 15.1 Å². The SMILES string of the molecule is Cc1nn(C)cc1C(C)NC(=O)CCCCCCN.Cl. The topological polar surface area (TPSA) is 72.9 Å². The predicted octanol–water partition coefficient (Wildman–Crippen LogP) is 2.24. The molecule has 0 saturated carbocycles. The van der Waals surface area contributed by atoms with Crippen LogP contribution < -0.4 is 11.1 Å². The third kappa shape index (κ3) is 6.39. The lowest BCUT2D eigenvalue weighted by Crippen LogP contribution is -2.26. The highest BCUT2D eigenvalue weighted by Gasteiger charge is 2.13. The number of halogens is 1. The second-order valence-electron chi connectivity index (χ2n) is 5.09. The van der Waals surface area contributed by atoms with Crippen LogP contribution in [0.3, 0.4) is 0 Å². The third-order valence-corrected chi connectivity index (χ3v) is 3.25. The zero-order valence-corrected chi connectivity index (χ0v) is 13.5. The fourth-order valence-corrected chi connectivity index (χ4v) is 2.22. The molecule has 1 atom stereocenters. The largest absolute Gasteiger partial charge is 0.349 e. The molecule has 0 radical (unpaired) electrons. The van der Waals surface area contributed by atoms with E-state index in [0.29, 0.717) is 6.42 Å². The van der Waals surface area contributed by atoms with Crippen molar-refractivity contribution >= 4 is 18.3 Å². The lowest BCUT2D eigenvalue weighted by molar-refractivity contribution is -0.121. The van der Waals surface area contributed by atoms with Gasteiger partial charge in [0.1, 0.15) is 0 Å². The van der Waals surface area contributed by atoms with E-state index in [9.17, 15) is 4.79 Å². The van der Waals surface area contributed by atoms with Gasteiger partial charge in [-0.15, -0.1) is 12.4 Å². The summed E-state index contributed by atoms with van der Waals surface area (Å²) in [5, 5.41) is 7.31. The minimum atomic E-state index is 0. The number of carbonyl (C=O) groups is 1. The summed E-state index contributed by atoms with van der Waals surface area (Å²) >= 11 is 0. The summed E-state index contributed by atoms with van der Waals surface area (Å²) in [6.45, 7) is 4.70. The van der Waals surface area contributed by atoms with Crippen LogP contribution in [0.5, 0.6) is 0 Å². The van der Waals surface area contributed by atoms with E-state index >= 15 is 0 Å². The van der Waals surface area contributed by atoms with E-state index in [1.165, 1.54) is 0 Å². The number of amides is 1. The molecule has 1 amide bonds. The van der Waals surface area contributed by atoms with Crippen LogP contribution in [0.25, 0.3) is 0 Å². The Labute approximate surface area is 127 Å². The maximum atomic E-state index is 11.8. The smallest absolute Gasteiger partial charge is 0.220 e. The van der Waals surface area contributed by atoms with Crippen LogP contribution in [0.15, 0.2) is 6.20 Å². The second kappa shape index (κ2) is 9.77. The Balaban J connectivity index is 0.00000361. The van der Waals surface area contributed by atoms with Crippen molar-refractivity contribution in [2.45, 2.75) is 52.0 Å². The minimum Gasteiger partial charge on any atom is -0.349 e. The summed E-state index contributed by atoms with van der Waals surface area (Å²) in [7, 11) is 1.89. The summed E-state index contributed by atoms with van der Waals surface area (Å²) in [4.78, 5) is 11.8. The van der Waals surface area contributed by atoms with Crippen LogP contribution in [0.4, 0.5) is 0 Å². The van der Waals surface area contributed by atoms with Gasteiger partial charge in [0, 0.05) is 25.2 Å². The first kappa shape index (κ1) is 18.9. The van der Waals surface area contributed by atoms with Gasteiger partial charge < -0.3 is 11.1 Å². The molecule has 6 heteroatoms. The Hall–Kier alpha value is -1.07. The molecule has 0 fully saturated rings. The van der Waals surface area contributed by atoms with E-state index in [1.807, 2.05) is 27.1 Å². The molecule has 1 rings (SSSR count). The van der Waals surface area contributed by atoms with E-state index in [4.69, 9.17) is 5.73 Å². The number of nitrogens with two attached hydrogens (primary N) is 1. The number of carbonyl (C=O) groups excluding carboxylic acids is 1. The standard InChI is InChI=1S/C14H26N4O.ClH/c1-11(13-10-18(3)17-12(13)2)16-14(19)8-6-4-5-7-9-15;/h10-11H,4-9,15H2,1-3H3,(H,16,19);1H. The zero-order chi connectivity index (χ0) is 14.3. The van der Waals surface area contributed by atoms with Crippen LogP contribution in [0.1, 0.15) is 56.3 Å². The molecule has 0 aliphatic heterocycles. The van der Waals surface area contributed by atoms with Gasteiger partial charge in [0.2, 0.25) is 5.91 Å².